The van der Waals surface area contributed by atoms with Crippen LogP contribution in [0.3, 0.4) is 0 Å². The summed E-state index contributed by atoms with van der Waals surface area (Å²) >= 11 is 0. The van der Waals surface area contributed by atoms with Crippen molar-refractivity contribution in [1.29, 1.82) is 0 Å². The molecule has 0 aliphatic rings. The molecule has 0 fully saturated rings. The molecule has 1 rings (SSSR count). The predicted octanol–water partition coefficient (Wildman–Crippen LogP) is 1.85. The lowest BCUT2D eigenvalue weighted by atomic mass is 9.92. The van der Waals surface area contributed by atoms with Gasteiger partial charge in [0.05, 0.1) is 18.3 Å². The highest BCUT2D eigenvalue weighted by Crippen LogP contribution is 2.21. The van der Waals surface area contributed by atoms with E-state index in [9.17, 15) is 9.90 Å². The normalized spacial score (nSPS) is 13.6. The number of amides is 1. The van der Waals surface area contributed by atoms with Crippen LogP contribution >= 0.6 is 0 Å². The topological polar surface area (TPSA) is 67.2 Å². The summed E-state index contributed by atoms with van der Waals surface area (Å²) in [5.74, 6) is 0.235. The summed E-state index contributed by atoms with van der Waals surface area (Å²) in [6.07, 6.45) is 0.756. The maximum absolute atomic E-state index is 12.3. The number of aromatic nitrogens is 2. The minimum absolute atomic E-state index is 0.0477. The Morgan fingerprint density at radius 2 is 2.05 bits per heavy atom. The number of nitrogens with zero attached hydrogens (tertiary/aromatic N) is 2. The predicted molar refractivity (Wildman–Crippen MR) is 79.7 cm³/mol. The Hall–Kier alpha value is -1.36. The second-order valence-electron chi connectivity index (χ2n) is 6.77. The van der Waals surface area contributed by atoms with Gasteiger partial charge in [-0.25, -0.2) is 0 Å². The van der Waals surface area contributed by atoms with E-state index in [-0.39, 0.29) is 24.0 Å². The van der Waals surface area contributed by atoms with E-state index in [0.29, 0.717) is 11.6 Å². The van der Waals surface area contributed by atoms with Crippen molar-refractivity contribution in [2.75, 3.05) is 6.61 Å². The number of nitrogens with one attached hydrogen (secondary N) is 1. The van der Waals surface area contributed by atoms with E-state index in [1.165, 1.54) is 0 Å². The molecule has 114 valence electrons. The number of carbonyl (C=O) groups excluding carboxylic acids is 1. The zero-order valence-electron chi connectivity index (χ0n) is 13.4. The molecule has 0 saturated carbocycles. The highest BCUT2D eigenvalue weighted by Gasteiger charge is 2.23. The number of carbonyl (C=O) groups is 1. The zero-order valence-corrected chi connectivity index (χ0v) is 13.4. The number of aryl methyl sites for hydroxylation is 1. The van der Waals surface area contributed by atoms with E-state index >= 15 is 0 Å². The molecule has 0 radical (unpaired) electrons. The van der Waals surface area contributed by atoms with Gasteiger partial charge >= 0.3 is 0 Å². The van der Waals surface area contributed by atoms with E-state index < -0.39 is 0 Å². The molecule has 1 aromatic heterocycles. The third-order valence-corrected chi connectivity index (χ3v) is 3.19. The molecule has 1 atom stereocenters. The second kappa shape index (κ2) is 6.39. The van der Waals surface area contributed by atoms with E-state index in [1.807, 2.05) is 6.07 Å². The smallest absolute Gasteiger partial charge is 0.269 e. The first-order chi connectivity index (χ1) is 9.15. The van der Waals surface area contributed by atoms with Gasteiger partial charge in [0.15, 0.2) is 0 Å². The van der Waals surface area contributed by atoms with Gasteiger partial charge in [-0.1, -0.05) is 34.6 Å². The first kappa shape index (κ1) is 16.7. The van der Waals surface area contributed by atoms with Crippen molar-refractivity contribution >= 4 is 5.91 Å². The van der Waals surface area contributed by atoms with Gasteiger partial charge in [0, 0.05) is 12.5 Å². The average Bonchev–Trinajstić information content (AvgIpc) is 2.69. The van der Waals surface area contributed by atoms with E-state index in [4.69, 9.17) is 0 Å². The van der Waals surface area contributed by atoms with Crippen LogP contribution in [0.15, 0.2) is 6.07 Å². The van der Waals surface area contributed by atoms with E-state index in [0.717, 1.165) is 12.1 Å². The van der Waals surface area contributed by atoms with E-state index in [2.05, 4.69) is 45.0 Å². The number of hydrogen-bond acceptors (Lipinski definition) is 3. The second-order valence-corrected chi connectivity index (χ2v) is 6.77. The van der Waals surface area contributed by atoms with Crippen LogP contribution < -0.4 is 5.32 Å². The van der Waals surface area contributed by atoms with Gasteiger partial charge in [0.2, 0.25) is 0 Å². The quantitative estimate of drug-likeness (QED) is 0.865. The van der Waals surface area contributed by atoms with E-state index in [1.54, 1.807) is 11.7 Å². The molecule has 1 aromatic rings. The molecule has 5 heteroatoms. The van der Waals surface area contributed by atoms with Crippen molar-refractivity contribution in [2.45, 2.75) is 52.5 Å². The Morgan fingerprint density at radius 3 is 2.45 bits per heavy atom. The molecule has 0 aromatic carbocycles. The summed E-state index contributed by atoms with van der Waals surface area (Å²) in [5, 5.41) is 16.6. The molecular weight excluding hydrogens is 254 g/mol. The zero-order chi connectivity index (χ0) is 15.5. The number of aliphatic hydroxyl groups is 1. The standard InChI is InChI=1S/C15H27N3O2/c1-10(2)7-11(9-19)16-14(20)12-8-13(15(3,4)5)17-18(12)6/h8,10-11,19H,7,9H2,1-6H3,(H,16,20). The molecule has 1 unspecified atom stereocenters. The number of hydrogen-bond donors (Lipinski definition) is 2. The van der Waals surface area contributed by atoms with Crippen molar-refractivity contribution in [2.24, 2.45) is 13.0 Å². The van der Waals surface area contributed by atoms with Gasteiger partial charge in [0.25, 0.3) is 5.91 Å². The fourth-order valence-electron chi connectivity index (χ4n) is 2.05. The minimum Gasteiger partial charge on any atom is -0.394 e. The molecule has 2 N–H and O–H groups in total. The van der Waals surface area contributed by atoms with Crippen LogP contribution in [-0.4, -0.2) is 33.4 Å². The molecule has 0 aliphatic carbocycles. The molecule has 0 bridgehead atoms. The average molecular weight is 281 g/mol. The molecule has 1 amide bonds. The van der Waals surface area contributed by atoms with Crippen LogP contribution in [0.25, 0.3) is 0 Å². The Kier molecular flexibility index (Phi) is 5.34. The summed E-state index contributed by atoms with van der Waals surface area (Å²) in [4.78, 5) is 12.3. The van der Waals surface area contributed by atoms with Crippen molar-refractivity contribution in [1.82, 2.24) is 15.1 Å². The molecule has 0 spiro atoms. The molecule has 5 nitrogen and oxygen atoms in total. The Balaban J connectivity index is 2.84. The van der Waals surface area contributed by atoms with Crippen LogP contribution in [-0.2, 0) is 12.5 Å². The van der Waals surface area contributed by atoms with Crippen LogP contribution in [0.5, 0.6) is 0 Å². The van der Waals surface area contributed by atoms with Crippen molar-refractivity contribution in [3.8, 4) is 0 Å². The van der Waals surface area contributed by atoms with Crippen LogP contribution in [0.4, 0.5) is 0 Å². The molecule has 0 aliphatic heterocycles. The maximum Gasteiger partial charge on any atom is 0.269 e. The summed E-state index contributed by atoms with van der Waals surface area (Å²) in [5.41, 5.74) is 1.32. The third-order valence-electron chi connectivity index (χ3n) is 3.19. The summed E-state index contributed by atoms with van der Waals surface area (Å²) in [6, 6.07) is 1.61. The summed E-state index contributed by atoms with van der Waals surface area (Å²) in [7, 11) is 1.76. The lowest BCUT2D eigenvalue weighted by molar-refractivity contribution is 0.0899. The third kappa shape index (κ3) is 4.34. The summed E-state index contributed by atoms with van der Waals surface area (Å²) in [6.45, 7) is 10.3. The van der Waals surface area contributed by atoms with Crippen LogP contribution in [0, 0.1) is 5.92 Å². The Bertz CT molecular complexity index is 458. The molecule has 0 saturated heterocycles. The van der Waals surface area contributed by atoms with Crippen molar-refractivity contribution < 1.29 is 9.90 Å². The van der Waals surface area contributed by atoms with Gasteiger partial charge in [-0.3, -0.25) is 9.48 Å². The maximum atomic E-state index is 12.3. The molecule has 1 heterocycles. The van der Waals surface area contributed by atoms with Crippen LogP contribution in [0.2, 0.25) is 0 Å². The minimum atomic E-state index is -0.213. The fraction of sp³-hybridized carbons (Fsp3) is 0.733. The molecular formula is C15H27N3O2. The Morgan fingerprint density at radius 1 is 1.45 bits per heavy atom. The Labute approximate surface area is 121 Å². The first-order valence-electron chi connectivity index (χ1n) is 7.11. The highest BCUT2D eigenvalue weighted by molar-refractivity contribution is 5.92. The van der Waals surface area contributed by atoms with Gasteiger partial charge in [0.1, 0.15) is 5.69 Å². The largest absolute Gasteiger partial charge is 0.394 e. The van der Waals surface area contributed by atoms with Crippen molar-refractivity contribution in [3.05, 3.63) is 17.5 Å². The summed E-state index contributed by atoms with van der Waals surface area (Å²) < 4.78 is 1.60. The van der Waals surface area contributed by atoms with Gasteiger partial charge in [-0.05, 0) is 18.4 Å². The SMILES string of the molecule is CC(C)CC(CO)NC(=O)c1cc(C(C)(C)C)nn1C. The highest BCUT2D eigenvalue weighted by atomic mass is 16.3. The number of aliphatic hydroxyl groups excluding tert-OH is 1. The van der Waals surface area contributed by atoms with Gasteiger partial charge in [-0.15, -0.1) is 0 Å². The lowest BCUT2D eigenvalue weighted by Crippen LogP contribution is -2.39. The van der Waals surface area contributed by atoms with Gasteiger partial charge < -0.3 is 10.4 Å². The lowest BCUT2D eigenvalue weighted by Gasteiger charge is -2.18. The monoisotopic (exact) mass is 281 g/mol. The van der Waals surface area contributed by atoms with Crippen LogP contribution in [0.1, 0.15) is 57.2 Å². The van der Waals surface area contributed by atoms with Crippen molar-refractivity contribution in [3.63, 3.8) is 0 Å². The van der Waals surface area contributed by atoms with Gasteiger partial charge in [-0.2, -0.15) is 5.10 Å². The number of rotatable bonds is 5. The fourth-order valence-corrected chi connectivity index (χ4v) is 2.05. The first-order valence-corrected chi connectivity index (χ1v) is 7.11. The molecule has 20 heavy (non-hydrogen) atoms.